The van der Waals surface area contributed by atoms with Gasteiger partial charge in [0.05, 0.1) is 32.9 Å². The van der Waals surface area contributed by atoms with E-state index >= 15 is 0 Å². The maximum atomic E-state index is 2.54. The second-order valence-corrected chi connectivity index (χ2v) is 19.0. The Morgan fingerprint density at radius 3 is 1.38 bits per heavy atom. The summed E-state index contributed by atoms with van der Waals surface area (Å²) in [6.07, 6.45) is 0. The van der Waals surface area contributed by atoms with Crippen LogP contribution in [0.4, 0.5) is 0 Å². The van der Waals surface area contributed by atoms with Gasteiger partial charge < -0.3 is 9.13 Å². The van der Waals surface area contributed by atoms with E-state index in [9.17, 15) is 0 Å². The summed E-state index contributed by atoms with van der Waals surface area (Å²) in [5.41, 5.74) is 22.1. The Kier molecular flexibility index (Phi) is 6.98. The zero-order valence-electron chi connectivity index (χ0n) is 37.0. The van der Waals surface area contributed by atoms with Gasteiger partial charge >= 0.3 is 0 Å². The van der Waals surface area contributed by atoms with Crippen molar-refractivity contribution in [2.75, 3.05) is 0 Å². The van der Waals surface area contributed by atoms with Gasteiger partial charge in [0.2, 0.25) is 0 Å². The average Bonchev–Trinajstić information content (AvgIpc) is 4.11. The third-order valence-corrected chi connectivity index (χ3v) is 16.2. The first-order valence-corrected chi connectivity index (χ1v) is 23.9. The van der Waals surface area contributed by atoms with Crippen molar-refractivity contribution in [1.29, 1.82) is 0 Å². The molecule has 13 aromatic rings. The molecule has 0 N–H and O–H groups in total. The lowest BCUT2D eigenvalue weighted by Gasteiger charge is -2.48. The minimum Gasteiger partial charge on any atom is -0.309 e. The van der Waals surface area contributed by atoms with Gasteiger partial charge in [-0.05, 0) is 126 Å². The topological polar surface area (TPSA) is 9.86 Å². The number of nitrogens with zero attached hydrogens (tertiary/aromatic N) is 2. The van der Waals surface area contributed by atoms with E-state index < -0.39 is 10.8 Å². The summed E-state index contributed by atoms with van der Waals surface area (Å²) in [6.45, 7) is 0. The first-order valence-electron chi connectivity index (χ1n) is 23.9. The van der Waals surface area contributed by atoms with Crippen molar-refractivity contribution in [3.63, 3.8) is 0 Å². The predicted molar refractivity (Wildman–Crippen MR) is 281 cm³/mol. The highest BCUT2D eigenvalue weighted by Gasteiger charge is 2.59. The van der Waals surface area contributed by atoms with Gasteiger partial charge in [-0.15, -0.1) is 0 Å². The number of benzene rings is 11. The highest BCUT2D eigenvalue weighted by Crippen LogP contribution is 2.68. The van der Waals surface area contributed by atoms with Crippen LogP contribution < -0.4 is 0 Å². The normalized spacial score (nSPS) is 14.4. The number of fused-ring (bicyclic) bond motifs is 25. The van der Waals surface area contributed by atoms with Crippen molar-refractivity contribution >= 4 is 54.4 Å². The summed E-state index contributed by atoms with van der Waals surface area (Å²) >= 11 is 0. The molecule has 0 fully saturated rings. The molecule has 0 radical (unpaired) electrons. The Morgan fingerprint density at radius 2 is 0.706 bits per heavy atom. The van der Waals surface area contributed by atoms with E-state index in [1.165, 1.54) is 121 Å². The summed E-state index contributed by atoms with van der Waals surface area (Å²) in [5, 5.41) is 7.59. The molecule has 3 aliphatic carbocycles. The van der Waals surface area contributed by atoms with Gasteiger partial charge in [0.25, 0.3) is 0 Å². The summed E-state index contributed by atoms with van der Waals surface area (Å²) in [7, 11) is 0. The van der Waals surface area contributed by atoms with Crippen LogP contribution >= 0.6 is 0 Å². The Hall–Kier alpha value is -8.72. The van der Waals surface area contributed by atoms with Crippen LogP contribution in [0.1, 0.15) is 44.5 Å². The second kappa shape index (κ2) is 13.0. The largest absolute Gasteiger partial charge is 0.309 e. The van der Waals surface area contributed by atoms with Crippen LogP contribution in [0.25, 0.3) is 88.0 Å². The molecule has 3 aliphatic rings. The summed E-state index contributed by atoms with van der Waals surface area (Å²) in [4.78, 5) is 0. The lowest BCUT2D eigenvalue weighted by molar-refractivity contribution is 0.633. The van der Waals surface area contributed by atoms with Crippen molar-refractivity contribution in [2.45, 2.75) is 10.8 Å². The molecule has 2 spiro atoms. The van der Waals surface area contributed by atoms with Crippen LogP contribution in [-0.4, -0.2) is 9.13 Å². The Bertz CT molecular complexity index is 4240. The summed E-state index contributed by atoms with van der Waals surface area (Å²) < 4.78 is 4.95. The molecule has 68 heavy (non-hydrogen) atoms. The van der Waals surface area contributed by atoms with Crippen LogP contribution in [0.5, 0.6) is 0 Å². The first kappa shape index (κ1) is 36.5. The number of rotatable bonds is 2. The molecule has 2 aromatic heterocycles. The highest BCUT2D eigenvalue weighted by molar-refractivity contribution is 6.26. The molecule has 0 aliphatic heterocycles. The van der Waals surface area contributed by atoms with Gasteiger partial charge in [-0.25, -0.2) is 0 Å². The second-order valence-electron chi connectivity index (χ2n) is 19.0. The van der Waals surface area contributed by atoms with Crippen LogP contribution in [0.2, 0.25) is 0 Å². The number of aromatic nitrogens is 2. The van der Waals surface area contributed by atoms with E-state index in [1.807, 2.05) is 0 Å². The lowest BCUT2D eigenvalue weighted by Crippen LogP contribution is -2.43. The molecule has 2 heteroatoms. The van der Waals surface area contributed by atoms with Gasteiger partial charge in [0, 0.05) is 32.9 Å². The molecular weight excluding hydrogens is 821 g/mol. The summed E-state index contributed by atoms with van der Waals surface area (Å²) in [6, 6.07) is 91.8. The monoisotopic (exact) mass is 860 g/mol. The molecule has 314 valence electrons. The van der Waals surface area contributed by atoms with Crippen molar-refractivity contribution in [1.82, 2.24) is 9.13 Å². The third kappa shape index (κ3) is 4.22. The molecule has 2 heterocycles. The molecule has 0 atom stereocenters. The minimum atomic E-state index is -0.581. The Morgan fingerprint density at radius 1 is 0.250 bits per heavy atom. The van der Waals surface area contributed by atoms with E-state index in [0.29, 0.717) is 0 Å². The lowest BCUT2D eigenvalue weighted by atomic mass is 9.52. The fraction of sp³-hybridized carbons (Fsp3) is 0.0303. The van der Waals surface area contributed by atoms with Crippen LogP contribution in [0.3, 0.4) is 0 Å². The van der Waals surface area contributed by atoms with Crippen LogP contribution in [0.15, 0.2) is 243 Å². The third-order valence-electron chi connectivity index (χ3n) is 16.2. The molecule has 0 saturated carbocycles. The van der Waals surface area contributed by atoms with Crippen molar-refractivity contribution in [2.24, 2.45) is 0 Å². The van der Waals surface area contributed by atoms with Gasteiger partial charge in [0.15, 0.2) is 0 Å². The summed E-state index contributed by atoms with van der Waals surface area (Å²) in [5.74, 6) is 0. The molecule has 0 bridgehead atoms. The fourth-order valence-electron chi connectivity index (χ4n) is 13.8. The van der Waals surface area contributed by atoms with E-state index in [0.717, 1.165) is 11.4 Å². The predicted octanol–water partition coefficient (Wildman–Crippen LogP) is 16.1. The average molecular weight is 861 g/mol. The maximum Gasteiger partial charge on any atom is 0.0720 e. The molecule has 16 rings (SSSR count). The number of para-hydroxylation sites is 2. The number of hydrogen-bond donors (Lipinski definition) is 0. The van der Waals surface area contributed by atoms with Crippen LogP contribution in [0, 0.1) is 0 Å². The minimum absolute atomic E-state index is 0.484. The zero-order chi connectivity index (χ0) is 44.3. The van der Waals surface area contributed by atoms with Gasteiger partial charge in [-0.3, -0.25) is 0 Å². The van der Waals surface area contributed by atoms with Crippen molar-refractivity contribution in [3.8, 4) is 33.6 Å². The fourth-order valence-corrected chi connectivity index (χ4v) is 13.8. The van der Waals surface area contributed by atoms with E-state index in [2.05, 4.69) is 252 Å². The van der Waals surface area contributed by atoms with Gasteiger partial charge in [0.1, 0.15) is 0 Å². The standard InChI is InChI=1S/C66H40N2/c1-2-19-42(20-3-1)67-58-33-17-9-24-47(58)49-40-43(35-38-59(49)67)68-60-37-34-41-18-4-5-21-44(41)63(60)64-61(68)39-36-57-62(64)48-25-8-12-28-52(48)66(57)55-31-15-13-29-53(55)65(54-30-14-16-32-56(54)66)50-26-10-6-22-45(50)46-23-7-11-27-51(46)65/h1-40H. The smallest absolute Gasteiger partial charge is 0.0720 e. The SMILES string of the molecule is c1ccc(-n2c3ccccc3c3cc(-n4c5ccc6c(c5c5c7ccccc7ccc54)-c4ccccc4C64c5ccccc5C5(c6ccccc6-c6ccccc65)c5ccccc54)ccc32)cc1. The number of hydrogen-bond acceptors (Lipinski definition) is 0. The van der Waals surface area contributed by atoms with E-state index in [1.54, 1.807) is 0 Å². The highest BCUT2D eigenvalue weighted by atomic mass is 15.0. The quantitative estimate of drug-likeness (QED) is 0.164. The Balaban J connectivity index is 1.04. The molecule has 0 unspecified atom stereocenters. The molecular formula is C66H40N2. The molecule has 0 amide bonds. The van der Waals surface area contributed by atoms with Crippen molar-refractivity contribution < 1.29 is 0 Å². The maximum absolute atomic E-state index is 2.54. The van der Waals surface area contributed by atoms with E-state index in [4.69, 9.17) is 0 Å². The molecule has 0 saturated heterocycles. The van der Waals surface area contributed by atoms with Crippen LogP contribution in [-0.2, 0) is 10.8 Å². The first-order chi connectivity index (χ1) is 33.8. The Labute approximate surface area is 393 Å². The van der Waals surface area contributed by atoms with Gasteiger partial charge in [-0.1, -0.05) is 194 Å². The zero-order valence-corrected chi connectivity index (χ0v) is 37.0. The van der Waals surface area contributed by atoms with Crippen molar-refractivity contribution in [3.05, 3.63) is 287 Å². The molecule has 11 aromatic carbocycles. The molecule has 2 nitrogen and oxygen atoms in total. The van der Waals surface area contributed by atoms with Gasteiger partial charge in [-0.2, -0.15) is 0 Å². The van der Waals surface area contributed by atoms with E-state index in [-0.39, 0.29) is 0 Å².